The van der Waals surface area contributed by atoms with Gasteiger partial charge < -0.3 is 18.5 Å². The second-order valence-electron chi connectivity index (χ2n) is 15.6. The van der Waals surface area contributed by atoms with Crippen molar-refractivity contribution in [3.8, 4) is 0 Å². The number of ether oxygens (including phenoxy) is 2. The molecule has 11 heteroatoms. The number of nitrogens with zero attached hydrogens (tertiary/aromatic N) is 2. The molecule has 0 radical (unpaired) electrons. The van der Waals surface area contributed by atoms with Crippen molar-refractivity contribution in [1.29, 1.82) is 0 Å². The van der Waals surface area contributed by atoms with Gasteiger partial charge in [-0.3, -0.25) is 18.7 Å². The third-order valence-electron chi connectivity index (χ3n) is 10.6. The summed E-state index contributed by atoms with van der Waals surface area (Å²) in [6.45, 7) is 11.4. The summed E-state index contributed by atoms with van der Waals surface area (Å²) in [6.07, 6.45) is 35.4. The van der Waals surface area contributed by atoms with Crippen molar-refractivity contribution >= 4 is 22.3 Å². The molecule has 0 unspecified atom stereocenters. The maximum Gasteiger partial charge on any atom is 0.305 e. The minimum absolute atomic E-state index is 0.0288. The molecule has 53 heavy (non-hydrogen) atoms. The average Bonchev–Trinajstić information content (AvgIpc) is 3.13. The molecule has 0 N–H and O–H groups in total. The summed E-state index contributed by atoms with van der Waals surface area (Å²) in [5.41, 5.74) is 0. The second-order valence-corrected chi connectivity index (χ2v) is 16.8. The number of carbonyl (C=O) groups is 2. The van der Waals surface area contributed by atoms with Crippen LogP contribution in [0.15, 0.2) is 0 Å². The van der Waals surface area contributed by atoms with Gasteiger partial charge in [0.25, 0.3) is 0 Å². The third kappa shape index (κ3) is 37.4. The van der Waals surface area contributed by atoms with Gasteiger partial charge in [0.1, 0.15) is 19.8 Å². The van der Waals surface area contributed by atoms with Crippen LogP contribution in [-0.4, -0.2) is 101 Å². The fourth-order valence-corrected chi connectivity index (χ4v) is 6.82. The highest BCUT2D eigenvalue weighted by molar-refractivity contribution is 7.80. The number of hydrogen-bond acceptors (Lipinski definition) is 9. The van der Waals surface area contributed by atoms with Gasteiger partial charge >= 0.3 is 11.9 Å². The standard InChI is InChI=1S/C41H81N2O4.CH4O4S/c1-4-6-8-10-12-14-16-18-20-22-24-26-28-30-40(44)46-38-34-42-32-35-43(3,36-33-42)37-39-47-41(45)31-29-27-25-23-21-19-17-15-13-11-9-7-5-2;1-5-6(2,3)4/h4-39H2,1-3H3;1H3,(H,2,3,4)/q+1;/p-1. The Hall–Kier alpha value is -1.27. The van der Waals surface area contributed by atoms with Crippen molar-refractivity contribution in [2.75, 3.05) is 66.6 Å². The second kappa shape index (κ2) is 36.4. The molecule has 0 bridgehead atoms. The molecule has 1 saturated heterocycles. The first-order chi connectivity index (χ1) is 25.5. The van der Waals surface area contributed by atoms with E-state index in [-0.39, 0.29) is 11.9 Å². The normalized spacial score (nSPS) is 14.4. The quantitative estimate of drug-likeness (QED) is 0.0204. The molecule has 316 valence electrons. The van der Waals surface area contributed by atoms with Crippen LogP contribution in [0.2, 0.25) is 0 Å². The minimum Gasteiger partial charge on any atom is -0.726 e. The fraction of sp³-hybridized carbons (Fsp3) is 0.952. The number of quaternary nitrogens is 1. The van der Waals surface area contributed by atoms with Crippen molar-refractivity contribution in [3.05, 3.63) is 0 Å². The van der Waals surface area contributed by atoms with Gasteiger partial charge in [0.15, 0.2) is 0 Å². The van der Waals surface area contributed by atoms with Crippen molar-refractivity contribution in [2.24, 2.45) is 0 Å². The number of esters is 2. The number of likely N-dealkylation sites (N-methyl/N-ethyl adjacent to an activating group) is 1. The Morgan fingerprint density at radius 3 is 1.19 bits per heavy atom. The van der Waals surface area contributed by atoms with Gasteiger partial charge in [0.05, 0.1) is 27.2 Å². The number of piperazine rings is 1. The Kier molecular flexibility index (Phi) is 35.5. The first-order valence-electron chi connectivity index (χ1n) is 21.9. The lowest BCUT2D eigenvalue weighted by atomic mass is 10.0. The Bertz CT molecular complexity index is 941. The Labute approximate surface area is 327 Å². The van der Waals surface area contributed by atoms with E-state index in [2.05, 4.69) is 30.0 Å². The number of hydrogen-bond donors (Lipinski definition) is 0. The molecule has 0 aromatic heterocycles. The van der Waals surface area contributed by atoms with Crippen molar-refractivity contribution in [3.63, 3.8) is 0 Å². The van der Waals surface area contributed by atoms with Gasteiger partial charge in [0, 0.05) is 32.5 Å². The summed E-state index contributed by atoms with van der Waals surface area (Å²) in [5, 5.41) is 0. The predicted molar refractivity (Wildman–Crippen MR) is 216 cm³/mol. The molecular formula is C42H84N2O8S. The van der Waals surface area contributed by atoms with Gasteiger partial charge in [-0.2, -0.15) is 0 Å². The van der Waals surface area contributed by atoms with E-state index in [0.717, 1.165) is 76.5 Å². The first-order valence-corrected chi connectivity index (χ1v) is 23.3. The molecule has 1 aliphatic heterocycles. The largest absolute Gasteiger partial charge is 0.726 e. The summed E-state index contributed by atoms with van der Waals surface area (Å²) in [5.74, 6) is -0.0646. The summed E-state index contributed by atoms with van der Waals surface area (Å²) < 4.78 is 43.1. The highest BCUT2D eigenvalue weighted by Gasteiger charge is 2.28. The molecule has 0 aliphatic carbocycles. The van der Waals surface area contributed by atoms with E-state index >= 15 is 0 Å². The number of carbonyl (C=O) groups excluding carboxylic acids is 2. The van der Waals surface area contributed by atoms with Crippen LogP contribution in [0.25, 0.3) is 0 Å². The van der Waals surface area contributed by atoms with Crippen molar-refractivity contribution in [2.45, 2.75) is 194 Å². The van der Waals surface area contributed by atoms with Crippen LogP contribution in [0.5, 0.6) is 0 Å². The predicted octanol–water partition coefficient (Wildman–Crippen LogP) is 9.89. The van der Waals surface area contributed by atoms with Gasteiger partial charge in [0.2, 0.25) is 10.4 Å². The van der Waals surface area contributed by atoms with E-state index in [9.17, 15) is 22.6 Å². The summed E-state index contributed by atoms with van der Waals surface area (Å²) in [4.78, 5) is 26.8. The summed E-state index contributed by atoms with van der Waals surface area (Å²) in [6, 6.07) is 0. The zero-order valence-corrected chi connectivity index (χ0v) is 35.8. The number of rotatable bonds is 35. The fourth-order valence-electron chi connectivity index (χ4n) is 6.82. The number of unbranched alkanes of at least 4 members (excludes halogenated alkanes) is 24. The zero-order chi connectivity index (χ0) is 39.3. The molecule has 1 aliphatic rings. The average molecular weight is 777 g/mol. The third-order valence-corrected chi connectivity index (χ3v) is 11.1. The summed E-state index contributed by atoms with van der Waals surface area (Å²) in [7, 11) is -1.33. The Morgan fingerprint density at radius 2 is 0.868 bits per heavy atom. The molecule has 0 atom stereocenters. The monoisotopic (exact) mass is 777 g/mol. The zero-order valence-electron chi connectivity index (χ0n) is 35.0. The van der Waals surface area contributed by atoms with Crippen LogP contribution >= 0.6 is 0 Å². The molecule has 1 rings (SSSR count). The van der Waals surface area contributed by atoms with Crippen LogP contribution in [0.4, 0.5) is 0 Å². The molecule has 0 spiro atoms. The Morgan fingerprint density at radius 1 is 0.566 bits per heavy atom. The maximum absolute atomic E-state index is 12.2. The van der Waals surface area contributed by atoms with E-state index in [1.165, 1.54) is 141 Å². The van der Waals surface area contributed by atoms with E-state index in [1.807, 2.05) is 0 Å². The first kappa shape index (κ1) is 51.7. The molecule has 0 aromatic carbocycles. The Balaban J connectivity index is 0.00000413. The summed E-state index contributed by atoms with van der Waals surface area (Å²) >= 11 is 0. The molecule has 0 aromatic rings. The van der Waals surface area contributed by atoms with Crippen molar-refractivity contribution < 1.29 is 40.7 Å². The highest BCUT2D eigenvalue weighted by Crippen LogP contribution is 2.15. The maximum atomic E-state index is 12.2. The van der Waals surface area contributed by atoms with Gasteiger partial charge in [-0.25, -0.2) is 8.42 Å². The van der Waals surface area contributed by atoms with Crippen LogP contribution in [0.3, 0.4) is 0 Å². The molecule has 1 heterocycles. The molecule has 0 amide bonds. The molecular weight excluding hydrogens is 693 g/mol. The SMILES string of the molecule is CCCCCCCCCCCCCCCC(=O)OCCN1CC[N+](C)(CCOC(=O)CCCCCCCCCCCCCCC)CC1.COS(=O)(=O)[O-]. The lowest BCUT2D eigenvalue weighted by Crippen LogP contribution is -2.58. The molecule has 10 nitrogen and oxygen atoms in total. The van der Waals surface area contributed by atoms with Gasteiger partial charge in [-0.15, -0.1) is 0 Å². The van der Waals surface area contributed by atoms with E-state index < -0.39 is 10.4 Å². The van der Waals surface area contributed by atoms with E-state index in [1.54, 1.807) is 0 Å². The van der Waals surface area contributed by atoms with E-state index in [4.69, 9.17) is 9.47 Å². The lowest BCUT2D eigenvalue weighted by Gasteiger charge is -2.41. The smallest absolute Gasteiger partial charge is 0.305 e. The molecule has 0 saturated carbocycles. The topological polar surface area (TPSA) is 122 Å². The van der Waals surface area contributed by atoms with Crippen molar-refractivity contribution in [1.82, 2.24) is 4.90 Å². The van der Waals surface area contributed by atoms with Crippen LogP contribution in [0.1, 0.15) is 194 Å². The van der Waals surface area contributed by atoms with Crippen LogP contribution < -0.4 is 0 Å². The molecule has 1 fully saturated rings. The van der Waals surface area contributed by atoms with E-state index in [0.29, 0.717) is 26.1 Å². The highest BCUT2D eigenvalue weighted by atomic mass is 32.3. The minimum atomic E-state index is -4.41. The van der Waals surface area contributed by atoms with Gasteiger partial charge in [-0.1, -0.05) is 168 Å². The lowest BCUT2D eigenvalue weighted by molar-refractivity contribution is -0.913. The van der Waals surface area contributed by atoms with Crippen LogP contribution in [0, 0.1) is 0 Å². The van der Waals surface area contributed by atoms with Gasteiger partial charge in [-0.05, 0) is 12.8 Å². The van der Waals surface area contributed by atoms with Crippen LogP contribution in [-0.2, 0) is 33.6 Å².